The van der Waals surface area contributed by atoms with Crippen LogP contribution in [0.5, 0.6) is 0 Å². The zero-order valence-corrected chi connectivity index (χ0v) is 14.4. The fourth-order valence-electron chi connectivity index (χ4n) is 2.50. The van der Waals surface area contributed by atoms with E-state index in [0.717, 1.165) is 29.1 Å². The van der Waals surface area contributed by atoms with Crippen molar-refractivity contribution in [3.8, 4) is 0 Å². The Hall–Kier alpha value is -2.00. The molecule has 0 aliphatic carbocycles. The number of carbonyl (C=O) groups excluding carboxylic acids is 1. The predicted molar refractivity (Wildman–Crippen MR) is 97.2 cm³/mol. The Morgan fingerprint density at radius 1 is 1.13 bits per heavy atom. The van der Waals surface area contributed by atoms with Crippen LogP contribution in [0.3, 0.4) is 0 Å². The summed E-state index contributed by atoms with van der Waals surface area (Å²) in [6, 6.07) is 13.9. The SMILES string of the molecule is CCc1cccc(C)c1NCC(=O)NCCc1ccc(Cl)cc1. The maximum Gasteiger partial charge on any atom is 0.239 e. The van der Waals surface area contributed by atoms with Crippen molar-refractivity contribution >= 4 is 23.2 Å². The van der Waals surface area contributed by atoms with Crippen molar-refractivity contribution in [1.82, 2.24) is 5.32 Å². The summed E-state index contributed by atoms with van der Waals surface area (Å²) in [5, 5.41) is 6.93. The van der Waals surface area contributed by atoms with E-state index in [4.69, 9.17) is 11.6 Å². The molecule has 0 aliphatic rings. The highest BCUT2D eigenvalue weighted by Gasteiger charge is 2.06. The van der Waals surface area contributed by atoms with Crippen molar-refractivity contribution in [2.75, 3.05) is 18.4 Å². The lowest BCUT2D eigenvalue weighted by atomic mass is 10.1. The van der Waals surface area contributed by atoms with Gasteiger partial charge < -0.3 is 10.6 Å². The number of hydrogen-bond donors (Lipinski definition) is 2. The predicted octanol–water partition coefficient (Wildman–Crippen LogP) is 3.98. The average molecular weight is 331 g/mol. The third-order valence-corrected chi connectivity index (χ3v) is 4.07. The largest absolute Gasteiger partial charge is 0.376 e. The highest BCUT2D eigenvalue weighted by molar-refractivity contribution is 6.30. The molecule has 2 aromatic carbocycles. The first kappa shape index (κ1) is 17.4. The van der Waals surface area contributed by atoms with Crippen LogP contribution in [-0.4, -0.2) is 19.0 Å². The van der Waals surface area contributed by atoms with Gasteiger partial charge in [-0.2, -0.15) is 0 Å². The minimum Gasteiger partial charge on any atom is -0.376 e. The molecule has 0 radical (unpaired) electrons. The van der Waals surface area contributed by atoms with Gasteiger partial charge in [0.05, 0.1) is 6.54 Å². The number of carbonyl (C=O) groups is 1. The lowest BCUT2D eigenvalue weighted by Gasteiger charge is -2.14. The fourth-order valence-corrected chi connectivity index (χ4v) is 2.63. The average Bonchev–Trinajstić information content (AvgIpc) is 2.55. The van der Waals surface area contributed by atoms with Gasteiger partial charge in [0.25, 0.3) is 0 Å². The van der Waals surface area contributed by atoms with Crippen LogP contribution < -0.4 is 10.6 Å². The minimum absolute atomic E-state index is 0.00395. The minimum atomic E-state index is 0.00395. The second-order valence-electron chi connectivity index (χ2n) is 5.54. The monoisotopic (exact) mass is 330 g/mol. The summed E-state index contributed by atoms with van der Waals surface area (Å²) in [6.07, 6.45) is 1.75. The Balaban J connectivity index is 1.78. The van der Waals surface area contributed by atoms with Gasteiger partial charge in [-0.3, -0.25) is 4.79 Å². The van der Waals surface area contributed by atoms with Gasteiger partial charge in [0.2, 0.25) is 5.91 Å². The molecule has 122 valence electrons. The first-order chi connectivity index (χ1) is 11.1. The number of anilines is 1. The van der Waals surface area contributed by atoms with Crippen LogP contribution in [0.1, 0.15) is 23.6 Å². The van der Waals surface area contributed by atoms with Gasteiger partial charge in [0.15, 0.2) is 0 Å². The van der Waals surface area contributed by atoms with Crippen LogP contribution in [0, 0.1) is 6.92 Å². The van der Waals surface area contributed by atoms with Gasteiger partial charge in [-0.15, -0.1) is 0 Å². The number of hydrogen-bond acceptors (Lipinski definition) is 2. The van der Waals surface area contributed by atoms with E-state index < -0.39 is 0 Å². The molecule has 4 heteroatoms. The van der Waals surface area contributed by atoms with Crippen molar-refractivity contribution < 1.29 is 4.79 Å². The molecule has 0 aromatic heterocycles. The van der Waals surface area contributed by atoms with Crippen LogP contribution in [0.25, 0.3) is 0 Å². The topological polar surface area (TPSA) is 41.1 Å². The second kappa shape index (κ2) is 8.59. The molecule has 2 aromatic rings. The molecule has 2 N–H and O–H groups in total. The number of aryl methyl sites for hydroxylation is 2. The summed E-state index contributed by atoms with van der Waals surface area (Å²) in [6.45, 7) is 5.08. The highest BCUT2D eigenvalue weighted by atomic mass is 35.5. The van der Waals surface area contributed by atoms with Gasteiger partial charge in [-0.1, -0.05) is 48.9 Å². The smallest absolute Gasteiger partial charge is 0.239 e. The van der Waals surface area contributed by atoms with E-state index in [1.807, 2.05) is 30.3 Å². The fraction of sp³-hybridized carbons (Fsp3) is 0.316. The second-order valence-corrected chi connectivity index (χ2v) is 5.98. The molecule has 0 bridgehead atoms. The van der Waals surface area contributed by atoms with Crippen LogP contribution in [-0.2, 0) is 17.6 Å². The number of halogens is 1. The zero-order chi connectivity index (χ0) is 16.7. The Kier molecular flexibility index (Phi) is 6.48. The quantitative estimate of drug-likeness (QED) is 0.806. The van der Waals surface area contributed by atoms with Gasteiger partial charge in [0, 0.05) is 17.3 Å². The highest BCUT2D eigenvalue weighted by Crippen LogP contribution is 2.20. The maximum absolute atomic E-state index is 12.0. The van der Waals surface area contributed by atoms with Crippen molar-refractivity contribution in [1.29, 1.82) is 0 Å². The first-order valence-electron chi connectivity index (χ1n) is 7.93. The van der Waals surface area contributed by atoms with Crippen LogP contribution >= 0.6 is 11.6 Å². The van der Waals surface area contributed by atoms with E-state index in [1.54, 1.807) is 0 Å². The molecule has 0 fully saturated rings. The lowest BCUT2D eigenvalue weighted by molar-refractivity contribution is -0.119. The van der Waals surface area contributed by atoms with Crippen molar-refractivity contribution in [3.63, 3.8) is 0 Å². The molecule has 0 saturated carbocycles. The Labute approximate surface area is 143 Å². The zero-order valence-electron chi connectivity index (χ0n) is 13.7. The lowest BCUT2D eigenvalue weighted by Crippen LogP contribution is -2.31. The third kappa shape index (κ3) is 5.29. The number of benzene rings is 2. The van der Waals surface area contributed by atoms with E-state index in [1.165, 1.54) is 11.1 Å². The van der Waals surface area contributed by atoms with Crippen molar-refractivity contribution in [2.45, 2.75) is 26.7 Å². The number of nitrogens with one attached hydrogen (secondary N) is 2. The summed E-state index contributed by atoms with van der Waals surface area (Å²) in [4.78, 5) is 12.0. The summed E-state index contributed by atoms with van der Waals surface area (Å²) < 4.78 is 0. The third-order valence-electron chi connectivity index (χ3n) is 3.81. The van der Waals surface area contributed by atoms with Gasteiger partial charge >= 0.3 is 0 Å². The number of para-hydroxylation sites is 1. The molecular weight excluding hydrogens is 308 g/mol. The molecule has 0 heterocycles. The summed E-state index contributed by atoms with van der Waals surface area (Å²) in [5.41, 5.74) is 4.63. The summed E-state index contributed by atoms with van der Waals surface area (Å²) in [7, 11) is 0. The molecule has 2 rings (SSSR count). The van der Waals surface area contributed by atoms with Crippen molar-refractivity contribution in [2.24, 2.45) is 0 Å². The van der Waals surface area contributed by atoms with Crippen LogP contribution in [0.2, 0.25) is 5.02 Å². The molecule has 0 spiro atoms. The molecular formula is C19H23ClN2O. The van der Waals surface area contributed by atoms with E-state index >= 15 is 0 Å². The molecule has 3 nitrogen and oxygen atoms in total. The molecule has 1 amide bonds. The van der Waals surface area contributed by atoms with Gasteiger partial charge in [-0.25, -0.2) is 0 Å². The molecule has 0 unspecified atom stereocenters. The maximum atomic E-state index is 12.0. The van der Waals surface area contributed by atoms with Gasteiger partial charge in [0.1, 0.15) is 0 Å². The Bertz CT molecular complexity index is 653. The molecule has 23 heavy (non-hydrogen) atoms. The van der Waals surface area contributed by atoms with Gasteiger partial charge in [-0.05, 0) is 48.6 Å². The number of amides is 1. The standard InChI is InChI=1S/C19H23ClN2O/c1-3-16-6-4-5-14(2)19(16)22-13-18(23)21-12-11-15-7-9-17(20)10-8-15/h4-10,22H,3,11-13H2,1-2H3,(H,21,23). The number of rotatable bonds is 7. The van der Waals surface area contributed by atoms with E-state index in [-0.39, 0.29) is 5.91 Å². The van der Waals surface area contributed by atoms with Crippen LogP contribution in [0.15, 0.2) is 42.5 Å². The molecule has 0 aliphatic heterocycles. The molecule has 0 atom stereocenters. The first-order valence-corrected chi connectivity index (χ1v) is 8.31. The van der Waals surface area contributed by atoms with Crippen molar-refractivity contribution in [3.05, 3.63) is 64.2 Å². The van der Waals surface area contributed by atoms with E-state index in [9.17, 15) is 4.79 Å². The van der Waals surface area contributed by atoms with E-state index in [2.05, 4.69) is 36.6 Å². The normalized spacial score (nSPS) is 10.4. The van der Waals surface area contributed by atoms with Crippen LogP contribution in [0.4, 0.5) is 5.69 Å². The Morgan fingerprint density at radius 2 is 1.87 bits per heavy atom. The molecule has 0 saturated heterocycles. The Morgan fingerprint density at radius 3 is 2.57 bits per heavy atom. The summed E-state index contributed by atoms with van der Waals surface area (Å²) >= 11 is 5.86. The van der Waals surface area contributed by atoms with E-state index in [0.29, 0.717) is 13.1 Å². The summed E-state index contributed by atoms with van der Waals surface area (Å²) in [5.74, 6) is 0.00395.